The highest BCUT2D eigenvalue weighted by Gasteiger charge is 2.14. The molecule has 9 heteroatoms. The van der Waals surface area contributed by atoms with Crippen LogP contribution in [0.15, 0.2) is 48.0 Å². The second-order valence-electron chi connectivity index (χ2n) is 7.93. The first kappa shape index (κ1) is 26.7. The van der Waals surface area contributed by atoms with Gasteiger partial charge in [0.2, 0.25) is 0 Å². The predicted molar refractivity (Wildman–Crippen MR) is 144 cm³/mol. The van der Waals surface area contributed by atoms with Gasteiger partial charge >= 0.3 is 0 Å². The van der Waals surface area contributed by atoms with Crippen molar-refractivity contribution >= 4 is 29.9 Å². The molecule has 3 aromatic rings. The van der Waals surface area contributed by atoms with Gasteiger partial charge in [-0.05, 0) is 69.5 Å². The Labute approximate surface area is 214 Å². The van der Waals surface area contributed by atoms with Crippen LogP contribution in [0, 0.1) is 13.8 Å². The van der Waals surface area contributed by atoms with Crippen molar-refractivity contribution in [1.82, 2.24) is 29.5 Å². The number of halogens is 1. The van der Waals surface area contributed by atoms with Crippen molar-refractivity contribution in [2.75, 3.05) is 27.2 Å². The van der Waals surface area contributed by atoms with E-state index >= 15 is 0 Å². The molecular weight excluding hydrogens is 529 g/mol. The number of aliphatic imine (C=N–C) groups is 1. The van der Waals surface area contributed by atoms with E-state index in [1.807, 2.05) is 16.7 Å². The van der Waals surface area contributed by atoms with E-state index in [1.165, 1.54) is 17.0 Å². The van der Waals surface area contributed by atoms with Crippen LogP contribution >= 0.6 is 24.0 Å². The Morgan fingerprint density at radius 3 is 2.45 bits per heavy atom. The number of hydrogen-bond donors (Lipinski definition) is 1. The largest absolute Gasteiger partial charge is 0.497 e. The first-order valence-corrected chi connectivity index (χ1v) is 11.2. The molecule has 0 amide bonds. The highest BCUT2D eigenvalue weighted by molar-refractivity contribution is 14.0. The van der Waals surface area contributed by atoms with Gasteiger partial charge in [-0.15, -0.1) is 34.2 Å². The molecule has 0 spiro atoms. The zero-order valence-corrected chi connectivity index (χ0v) is 22.6. The van der Waals surface area contributed by atoms with Crippen molar-refractivity contribution in [2.24, 2.45) is 4.99 Å². The average Bonchev–Trinajstić information content (AvgIpc) is 3.40. The molecule has 1 aromatic carbocycles. The summed E-state index contributed by atoms with van der Waals surface area (Å²) in [5, 5.41) is 11.1. The SMILES string of the molecule is CCNC(=NCCCCn1cnnc1)N(C)Cc1cc(C)n(-c2ccc(OC)cc2)c1C.I. The number of guanidine groups is 1. The molecule has 0 aliphatic heterocycles. The van der Waals surface area contributed by atoms with E-state index in [0.29, 0.717) is 0 Å². The van der Waals surface area contributed by atoms with Gasteiger partial charge in [0.05, 0.1) is 7.11 Å². The molecule has 0 unspecified atom stereocenters. The number of aryl methyl sites for hydroxylation is 2. The van der Waals surface area contributed by atoms with Gasteiger partial charge in [-0.25, -0.2) is 0 Å². The Kier molecular flexibility index (Phi) is 10.7. The summed E-state index contributed by atoms with van der Waals surface area (Å²) in [6.07, 6.45) is 5.58. The zero-order valence-electron chi connectivity index (χ0n) is 20.3. The van der Waals surface area contributed by atoms with Crippen LogP contribution in [-0.4, -0.2) is 57.4 Å². The van der Waals surface area contributed by atoms with Crippen molar-refractivity contribution in [2.45, 2.75) is 46.7 Å². The molecular formula is C24H36IN7O. The second-order valence-corrected chi connectivity index (χ2v) is 7.93. The first-order chi connectivity index (χ1) is 15.5. The van der Waals surface area contributed by atoms with Crippen LogP contribution in [0.4, 0.5) is 0 Å². The van der Waals surface area contributed by atoms with Gasteiger partial charge in [-0.2, -0.15) is 0 Å². The number of unbranched alkanes of at least 4 members (excludes halogenated alkanes) is 1. The number of hydrogen-bond acceptors (Lipinski definition) is 4. The van der Waals surface area contributed by atoms with Crippen molar-refractivity contribution in [1.29, 1.82) is 0 Å². The number of methoxy groups -OCH3 is 1. The summed E-state index contributed by atoms with van der Waals surface area (Å²) in [5.74, 6) is 1.80. The third-order valence-corrected chi connectivity index (χ3v) is 5.52. The second kappa shape index (κ2) is 13.2. The summed E-state index contributed by atoms with van der Waals surface area (Å²) in [6, 6.07) is 10.5. The molecule has 1 N–H and O–H groups in total. The molecule has 2 heterocycles. The highest BCUT2D eigenvalue weighted by atomic mass is 127. The van der Waals surface area contributed by atoms with E-state index in [0.717, 1.165) is 56.4 Å². The maximum Gasteiger partial charge on any atom is 0.193 e. The summed E-state index contributed by atoms with van der Waals surface area (Å²) in [5.41, 5.74) is 4.89. The van der Waals surface area contributed by atoms with E-state index in [2.05, 4.69) is 71.0 Å². The smallest absolute Gasteiger partial charge is 0.193 e. The average molecular weight is 566 g/mol. The molecule has 2 aromatic heterocycles. The molecule has 3 rings (SSSR count). The summed E-state index contributed by atoms with van der Waals surface area (Å²) >= 11 is 0. The fraction of sp³-hybridized carbons (Fsp3) is 0.458. The van der Waals surface area contributed by atoms with Gasteiger partial charge in [0.1, 0.15) is 18.4 Å². The summed E-state index contributed by atoms with van der Waals surface area (Å²) in [6.45, 7) is 9.78. The first-order valence-electron chi connectivity index (χ1n) is 11.2. The monoisotopic (exact) mass is 565 g/mol. The maximum absolute atomic E-state index is 5.30. The van der Waals surface area contributed by atoms with Crippen LogP contribution in [0.25, 0.3) is 5.69 Å². The van der Waals surface area contributed by atoms with Crippen LogP contribution in [0.1, 0.15) is 36.7 Å². The number of rotatable bonds is 10. The summed E-state index contributed by atoms with van der Waals surface area (Å²) < 4.78 is 9.59. The quantitative estimate of drug-likeness (QED) is 0.173. The predicted octanol–water partition coefficient (Wildman–Crippen LogP) is 4.19. The molecule has 0 radical (unpaired) electrons. The highest BCUT2D eigenvalue weighted by Crippen LogP contribution is 2.23. The molecule has 0 aliphatic carbocycles. The lowest BCUT2D eigenvalue weighted by Gasteiger charge is -2.22. The Morgan fingerprint density at radius 1 is 1.12 bits per heavy atom. The van der Waals surface area contributed by atoms with Gasteiger partial charge in [0.15, 0.2) is 5.96 Å². The fourth-order valence-electron chi connectivity index (χ4n) is 3.85. The minimum atomic E-state index is 0. The van der Waals surface area contributed by atoms with Gasteiger partial charge < -0.3 is 24.1 Å². The summed E-state index contributed by atoms with van der Waals surface area (Å²) in [7, 11) is 3.79. The van der Waals surface area contributed by atoms with E-state index < -0.39 is 0 Å². The lowest BCUT2D eigenvalue weighted by Crippen LogP contribution is -2.38. The Balaban J connectivity index is 0.00000385. The van der Waals surface area contributed by atoms with Crippen LogP contribution in [0.3, 0.4) is 0 Å². The van der Waals surface area contributed by atoms with E-state index in [4.69, 9.17) is 9.73 Å². The number of nitrogens with one attached hydrogen (secondary N) is 1. The Bertz CT molecular complexity index is 997. The third kappa shape index (κ3) is 7.21. The number of nitrogens with zero attached hydrogens (tertiary/aromatic N) is 6. The number of ether oxygens (including phenoxy) is 1. The molecule has 33 heavy (non-hydrogen) atoms. The Morgan fingerprint density at radius 2 is 1.82 bits per heavy atom. The van der Waals surface area contributed by atoms with Gasteiger partial charge in [-0.3, -0.25) is 4.99 Å². The van der Waals surface area contributed by atoms with Gasteiger partial charge in [0.25, 0.3) is 0 Å². The van der Waals surface area contributed by atoms with Crippen molar-refractivity contribution in [3.05, 3.63) is 59.9 Å². The molecule has 180 valence electrons. The number of aromatic nitrogens is 4. The fourth-order valence-corrected chi connectivity index (χ4v) is 3.85. The topological polar surface area (TPSA) is 72.5 Å². The molecule has 0 aliphatic rings. The molecule has 0 atom stereocenters. The van der Waals surface area contributed by atoms with E-state index in [-0.39, 0.29) is 24.0 Å². The summed E-state index contributed by atoms with van der Waals surface area (Å²) in [4.78, 5) is 7.03. The van der Waals surface area contributed by atoms with Crippen molar-refractivity contribution < 1.29 is 4.74 Å². The van der Waals surface area contributed by atoms with Crippen LogP contribution < -0.4 is 10.1 Å². The zero-order chi connectivity index (χ0) is 22.9. The van der Waals surface area contributed by atoms with Crippen molar-refractivity contribution in [3.8, 4) is 11.4 Å². The normalized spacial score (nSPS) is 11.2. The third-order valence-electron chi connectivity index (χ3n) is 5.52. The molecule has 0 saturated heterocycles. The van der Waals surface area contributed by atoms with Crippen molar-refractivity contribution in [3.63, 3.8) is 0 Å². The Hall–Kier alpha value is -2.56. The number of benzene rings is 1. The lowest BCUT2D eigenvalue weighted by atomic mass is 10.2. The minimum Gasteiger partial charge on any atom is -0.497 e. The molecule has 0 fully saturated rings. The maximum atomic E-state index is 5.30. The van der Waals surface area contributed by atoms with Gasteiger partial charge in [0, 0.05) is 50.3 Å². The standard InChI is InChI=1S/C24H35N7O.HI/c1-6-25-24(26-13-7-8-14-30-17-27-28-18-30)29(4)16-21-15-19(2)31(20(21)3)22-9-11-23(32-5)12-10-22;/h9-12,15,17-18H,6-8,13-14,16H2,1-5H3,(H,25,26);1H. The molecule has 0 saturated carbocycles. The van der Waals surface area contributed by atoms with Crippen LogP contribution in [-0.2, 0) is 13.1 Å². The van der Waals surface area contributed by atoms with Crippen LogP contribution in [0.2, 0.25) is 0 Å². The van der Waals surface area contributed by atoms with Crippen LogP contribution in [0.5, 0.6) is 5.75 Å². The molecule has 8 nitrogen and oxygen atoms in total. The van der Waals surface area contributed by atoms with E-state index in [9.17, 15) is 0 Å². The molecule has 0 bridgehead atoms. The van der Waals surface area contributed by atoms with Gasteiger partial charge in [-0.1, -0.05) is 0 Å². The minimum absolute atomic E-state index is 0. The van der Waals surface area contributed by atoms with E-state index in [1.54, 1.807) is 19.8 Å². The lowest BCUT2D eigenvalue weighted by molar-refractivity contribution is 0.414.